The molecule has 7 aromatic rings. The van der Waals surface area contributed by atoms with E-state index in [0.29, 0.717) is 5.92 Å². The molecule has 0 amide bonds. The average molecular weight is 853 g/mol. The fourth-order valence-electron chi connectivity index (χ4n) is 6.15. The predicted molar refractivity (Wildman–Crippen MR) is 211 cm³/mol. The third kappa shape index (κ3) is 8.03. The van der Waals surface area contributed by atoms with Crippen LogP contribution in [-0.4, -0.2) is 18.0 Å². The predicted octanol–water partition coefficient (Wildman–Crippen LogP) is 12.1. The van der Waals surface area contributed by atoms with Gasteiger partial charge in [-0.1, -0.05) is 120 Å². The van der Waals surface area contributed by atoms with Gasteiger partial charge in [-0.15, -0.1) is 59.7 Å². The molecule has 0 N–H and O–H groups in total. The molecule has 1 radical (unpaired) electrons. The van der Waals surface area contributed by atoms with Crippen LogP contribution in [0.25, 0.3) is 53.8 Å². The molecule has 2 nitrogen and oxygen atoms in total. The maximum atomic E-state index is 4.70. The van der Waals surface area contributed by atoms with E-state index in [1.54, 1.807) is 0 Å². The molecule has 0 unspecified atom stereocenters. The smallest absolute Gasteiger partial charge is 0.0799 e. The summed E-state index contributed by atoms with van der Waals surface area (Å²) in [4.78, 5) is 9.36. The summed E-state index contributed by atoms with van der Waals surface area (Å²) >= 11 is 1.83. The summed E-state index contributed by atoms with van der Waals surface area (Å²) in [7, 11) is -1.34. The zero-order chi connectivity index (χ0) is 34.1. The van der Waals surface area contributed by atoms with Crippen molar-refractivity contribution in [1.82, 2.24) is 9.97 Å². The van der Waals surface area contributed by atoms with Gasteiger partial charge >= 0.3 is 0 Å². The van der Waals surface area contributed by atoms with Crippen LogP contribution >= 0.6 is 11.3 Å². The molecule has 0 bridgehead atoms. The molecule has 3 aromatic heterocycles. The Bertz CT molecular complexity index is 2180. The normalized spacial score (nSPS) is 11.7. The zero-order valence-corrected chi connectivity index (χ0v) is 33.9. The SMILES string of the molecule is CC(C)(C)c1ccnc(-c2[c-]ccc3c2sc2cccc(-c4ccccc4)c23)c1.CC(C)c1cc(-c2[c-]cccc2)ncc1[Si](C)(C)C.[Ir]. The van der Waals surface area contributed by atoms with Crippen molar-refractivity contribution >= 4 is 44.8 Å². The molecule has 0 aliphatic rings. The molecule has 0 fully saturated rings. The first-order chi connectivity index (χ1) is 22.9. The first-order valence-electron chi connectivity index (χ1n) is 16.8. The topological polar surface area (TPSA) is 25.8 Å². The van der Waals surface area contributed by atoms with Crippen LogP contribution in [0.4, 0.5) is 0 Å². The summed E-state index contributed by atoms with van der Waals surface area (Å²) in [6.45, 7) is 18.4. The first kappa shape index (κ1) is 36.5. The minimum Gasteiger partial charge on any atom is -0.305 e. The quantitative estimate of drug-likeness (QED) is 0.127. The zero-order valence-electron chi connectivity index (χ0n) is 29.7. The van der Waals surface area contributed by atoms with Crippen molar-refractivity contribution in [3.05, 3.63) is 139 Å². The number of benzene rings is 4. The monoisotopic (exact) mass is 853 g/mol. The second-order valence-corrected chi connectivity index (χ2v) is 20.9. The molecule has 0 aliphatic heterocycles. The molecule has 4 aromatic carbocycles. The van der Waals surface area contributed by atoms with E-state index in [1.807, 2.05) is 41.8 Å². The molecule has 49 heavy (non-hydrogen) atoms. The van der Waals surface area contributed by atoms with Gasteiger partial charge in [0, 0.05) is 37.2 Å². The van der Waals surface area contributed by atoms with Crippen molar-refractivity contribution in [2.24, 2.45) is 0 Å². The van der Waals surface area contributed by atoms with Crippen LogP contribution in [0.5, 0.6) is 0 Å². The minimum atomic E-state index is -1.34. The summed E-state index contributed by atoms with van der Waals surface area (Å²) in [5, 5.41) is 4.07. The number of nitrogens with zero attached hydrogens (tertiary/aromatic N) is 2. The molecule has 0 saturated heterocycles. The molecular weight excluding hydrogens is 809 g/mol. The Morgan fingerprint density at radius 2 is 1.51 bits per heavy atom. The number of pyridine rings is 2. The molecule has 3 heterocycles. The van der Waals surface area contributed by atoms with E-state index in [2.05, 4.69) is 156 Å². The Balaban J connectivity index is 0.000000205. The third-order valence-corrected chi connectivity index (χ3v) is 12.0. The third-order valence-electron chi connectivity index (χ3n) is 8.77. The molecule has 5 heteroatoms. The fourth-order valence-corrected chi connectivity index (χ4v) is 9.06. The van der Waals surface area contributed by atoms with Crippen LogP contribution < -0.4 is 5.19 Å². The standard InChI is InChI=1S/C27H22NS.C17H22NSi.Ir/c1-27(2,3)19-15-16-28-23(17-19)21-12-7-13-22-25-20(18-9-5-4-6-10-18)11-8-14-24(25)29-26(21)22;1-13(2)15-11-16(14-9-7-6-8-10-14)18-12-17(15)19(3,4)5;/h4-11,13-17H,1-3H3;6-9,11-13H,1-5H3;/q2*-1;. The largest absolute Gasteiger partial charge is 0.305 e. The Morgan fingerprint density at radius 3 is 2.18 bits per heavy atom. The van der Waals surface area contributed by atoms with E-state index in [1.165, 1.54) is 47.6 Å². The molecule has 0 spiro atoms. The fraction of sp³-hybridized carbons (Fsp3) is 0.227. The van der Waals surface area contributed by atoms with Crippen molar-refractivity contribution in [3.63, 3.8) is 0 Å². The molecule has 7 rings (SSSR count). The van der Waals surface area contributed by atoms with Crippen LogP contribution in [0, 0.1) is 12.1 Å². The molecule has 251 valence electrons. The second kappa shape index (κ2) is 15.0. The summed E-state index contributed by atoms with van der Waals surface area (Å²) in [5.41, 5.74) is 9.55. The van der Waals surface area contributed by atoms with Crippen molar-refractivity contribution in [2.75, 3.05) is 0 Å². The van der Waals surface area contributed by atoms with Crippen molar-refractivity contribution in [3.8, 4) is 33.6 Å². The van der Waals surface area contributed by atoms with Gasteiger partial charge in [0.1, 0.15) is 0 Å². The number of rotatable bonds is 5. The summed E-state index contributed by atoms with van der Waals surface area (Å²) in [5.74, 6) is 0.534. The Labute approximate surface area is 311 Å². The van der Waals surface area contributed by atoms with Gasteiger partial charge in [-0.3, -0.25) is 0 Å². The Kier molecular flexibility index (Phi) is 11.2. The maximum absolute atomic E-state index is 4.70. The molecule has 0 aliphatic carbocycles. The first-order valence-corrected chi connectivity index (χ1v) is 21.1. The minimum absolute atomic E-state index is 0. The van der Waals surface area contributed by atoms with E-state index in [9.17, 15) is 0 Å². The van der Waals surface area contributed by atoms with Crippen molar-refractivity contribution < 1.29 is 20.1 Å². The van der Waals surface area contributed by atoms with Crippen molar-refractivity contribution in [1.29, 1.82) is 0 Å². The van der Waals surface area contributed by atoms with Gasteiger partial charge in [0.15, 0.2) is 0 Å². The number of aromatic nitrogens is 2. The van der Waals surface area contributed by atoms with Crippen LogP contribution in [0.2, 0.25) is 19.6 Å². The van der Waals surface area contributed by atoms with E-state index >= 15 is 0 Å². The van der Waals surface area contributed by atoms with Crippen LogP contribution in [0.15, 0.2) is 116 Å². The van der Waals surface area contributed by atoms with E-state index in [0.717, 1.165) is 22.5 Å². The Morgan fingerprint density at radius 1 is 0.755 bits per heavy atom. The number of fused-ring (bicyclic) bond motifs is 3. The van der Waals surface area contributed by atoms with Crippen LogP contribution in [0.1, 0.15) is 51.7 Å². The van der Waals surface area contributed by atoms with Gasteiger partial charge in [0.2, 0.25) is 0 Å². The molecule has 0 atom stereocenters. The number of hydrogen-bond acceptors (Lipinski definition) is 3. The average Bonchev–Trinajstić information content (AvgIpc) is 3.48. The van der Waals surface area contributed by atoms with E-state index < -0.39 is 8.07 Å². The van der Waals surface area contributed by atoms with Gasteiger partial charge in [0.05, 0.1) is 8.07 Å². The van der Waals surface area contributed by atoms with E-state index in [4.69, 9.17) is 4.98 Å². The van der Waals surface area contributed by atoms with Gasteiger partial charge in [-0.05, 0) is 66.8 Å². The number of hydrogen-bond donors (Lipinski definition) is 0. The Hall–Kier alpha value is -3.73. The van der Waals surface area contributed by atoms with E-state index in [-0.39, 0.29) is 25.5 Å². The molecule has 0 saturated carbocycles. The van der Waals surface area contributed by atoms with Gasteiger partial charge in [0.25, 0.3) is 0 Å². The number of thiophene rings is 1. The molecular formula is C44H44IrN2SSi-2. The maximum Gasteiger partial charge on any atom is 0.0799 e. The summed E-state index contributed by atoms with van der Waals surface area (Å²) in [6, 6.07) is 42.8. The van der Waals surface area contributed by atoms with Gasteiger partial charge in [-0.25, -0.2) is 0 Å². The van der Waals surface area contributed by atoms with Crippen molar-refractivity contribution in [2.45, 2.75) is 65.6 Å². The second-order valence-electron chi connectivity index (χ2n) is 14.8. The summed E-state index contributed by atoms with van der Waals surface area (Å²) < 4.78 is 2.55. The van der Waals surface area contributed by atoms with Gasteiger partial charge in [-0.2, -0.15) is 11.3 Å². The van der Waals surface area contributed by atoms with Crippen LogP contribution in [-0.2, 0) is 25.5 Å². The summed E-state index contributed by atoms with van der Waals surface area (Å²) in [6.07, 6.45) is 4.02. The van der Waals surface area contributed by atoms with Gasteiger partial charge < -0.3 is 9.97 Å². The van der Waals surface area contributed by atoms with Crippen LogP contribution in [0.3, 0.4) is 0 Å².